The minimum Gasteiger partial charge on any atom is -0.391 e. The molecule has 0 aromatic carbocycles. The van der Waals surface area contributed by atoms with Crippen molar-refractivity contribution in [1.29, 1.82) is 0 Å². The van der Waals surface area contributed by atoms with Gasteiger partial charge in [0.05, 0.1) is 39.9 Å². The summed E-state index contributed by atoms with van der Waals surface area (Å²) in [7, 11) is 1.58. The Bertz CT molecular complexity index is 1760. The Morgan fingerprint density at radius 3 is 1.14 bits per heavy atom. The van der Waals surface area contributed by atoms with Crippen LogP contribution in [0, 0.1) is 0 Å². The van der Waals surface area contributed by atoms with E-state index in [9.17, 15) is 19.4 Å². The minimum absolute atomic E-state index is 0.0620. The van der Waals surface area contributed by atoms with Crippen LogP contribution in [0.25, 0.3) is 0 Å². The highest BCUT2D eigenvalue weighted by Gasteiger charge is 2.28. The molecule has 0 rings (SSSR count). The van der Waals surface area contributed by atoms with Crippen molar-refractivity contribution in [3.05, 3.63) is 146 Å². The van der Waals surface area contributed by atoms with Gasteiger partial charge in [0, 0.05) is 6.42 Å². The number of amides is 1. The lowest BCUT2D eigenvalue weighted by molar-refractivity contribution is -0.870. The number of phosphoric acid groups is 1. The lowest BCUT2D eigenvalue weighted by Crippen LogP contribution is -2.46. The van der Waals surface area contributed by atoms with Crippen molar-refractivity contribution in [3.63, 3.8) is 0 Å². The van der Waals surface area contributed by atoms with E-state index in [4.69, 9.17) is 9.05 Å². The van der Waals surface area contributed by atoms with E-state index in [-0.39, 0.29) is 19.1 Å². The van der Waals surface area contributed by atoms with Crippen LogP contribution in [0.4, 0.5) is 0 Å². The van der Waals surface area contributed by atoms with Crippen LogP contribution in [0.5, 0.6) is 0 Å². The van der Waals surface area contributed by atoms with Crippen LogP contribution in [0.15, 0.2) is 146 Å². The van der Waals surface area contributed by atoms with Gasteiger partial charge in [-0.1, -0.05) is 262 Å². The van der Waals surface area contributed by atoms with Crippen molar-refractivity contribution in [1.82, 2.24) is 5.32 Å². The predicted molar refractivity (Wildman–Crippen MR) is 336 cm³/mol. The zero-order valence-electron chi connectivity index (χ0n) is 49.9. The average Bonchev–Trinajstić information content (AvgIpc) is 3.39. The first kappa shape index (κ1) is 73.4. The first-order chi connectivity index (χ1) is 37.5. The van der Waals surface area contributed by atoms with Gasteiger partial charge in [-0.2, -0.15) is 0 Å². The van der Waals surface area contributed by atoms with E-state index in [1.807, 2.05) is 21.1 Å². The number of likely N-dealkylation sites (N-methyl/N-ethyl adjacent to an activating group) is 1. The van der Waals surface area contributed by atoms with Gasteiger partial charge in [0.2, 0.25) is 5.91 Å². The van der Waals surface area contributed by atoms with Crippen LogP contribution in [0.3, 0.4) is 0 Å². The summed E-state index contributed by atoms with van der Waals surface area (Å²) in [5.41, 5.74) is 0. The number of allylic oxidation sites excluding steroid dienone is 24. The molecule has 8 nitrogen and oxygen atoms in total. The molecule has 3 atom stereocenters. The zero-order chi connectivity index (χ0) is 56.3. The molecule has 438 valence electrons. The second-order valence-electron chi connectivity index (χ2n) is 21.3. The molecule has 0 aliphatic carbocycles. The number of rotatable bonds is 54. The van der Waals surface area contributed by atoms with E-state index >= 15 is 0 Å². The highest BCUT2D eigenvalue weighted by molar-refractivity contribution is 7.47. The molecule has 0 spiro atoms. The molecule has 77 heavy (non-hydrogen) atoms. The van der Waals surface area contributed by atoms with Gasteiger partial charge >= 0.3 is 7.82 Å². The lowest BCUT2D eigenvalue weighted by Gasteiger charge is -2.26. The van der Waals surface area contributed by atoms with Crippen LogP contribution in [0.2, 0.25) is 0 Å². The number of quaternary nitrogens is 1. The van der Waals surface area contributed by atoms with Gasteiger partial charge in [-0.05, 0) is 103 Å². The number of hydrogen-bond donors (Lipinski definition) is 3. The van der Waals surface area contributed by atoms with Crippen molar-refractivity contribution >= 4 is 13.7 Å². The van der Waals surface area contributed by atoms with Crippen LogP contribution >= 0.6 is 7.82 Å². The number of unbranched alkanes of at least 4 members (excludes halogenated alkanes) is 17. The number of phosphoric ester groups is 1. The van der Waals surface area contributed by atoms with Crippen LogP contribution in [0.1, 0.15) is 226 Å². The van der Waals surface area contributed by atoms with Gasteiger partial charge in [-0.25, -0.2) is 4.57 Å². The molecule has 0 heterocycles. The van der Waals surface area contributed by atoms with Crippen molar-refractivity contribution in [2.24, 2.45) is 0 Å². The fourth-order valence-corrected chi connectivity index (χ4v) is 8.82. The third-order valence-corrected chi connectivity index (χ3v) is 13.8. The summed E-state index contributed by atoms with van der Waals surface area (Å²) in [6, 6.07) is -0.785. The number of aliphatic hydroxyl groups excluding tert-OH is 1. The molecule has 3 unspecified atom stereocenters. The maximum atomic E-state index is 13.0. The Balaban J connectivity index is 4.17. The molecule has 0 bridgehead atoms. The van der Waals surface area contributed by atoms with Gasteiger partial charge < -0.3 is 19.8 Å². The van der Waals surface area contributed by atoms with E-state index in [1.165, 1.54) is 70.6 Å². The van der Waals surface area contributed by atoms with Crippen LogP contribution < -0.4 is 5.32 Å². The molecule has 0 aliphatic heterocycles. The van der Waals surface area contributed by atoms with Crippen molar-refractivity contribution in [2.45, 2.75) is 238 Å². The number of nitrogens with one attached hydrogen (secondary N) is 1. The van der Waals surface area contributed by atoms with E-state index in [1.54, 1.807) is 0 Å². The standard InChI is InChI=1S/C68H115N2O6P/c1-6-8-10-12-14-16-18-20-22-23-24-25-26-27-28-29-30-31-32-33-34-35-36-37-38-39-40-41-42-43-44-45-46-47-48-50-52-54-56-58-60-62-68(72)69-66(65-76-77(73,74)75-64-63-70(3,4)5)67(71)61-59-57-55-53-51-49-21-19-17-15-13-11-9-7-2/h8,10,14,16,20,22,24-25,27-28,30-31,33-34,36-37,39-40,42-43,45-46,48,50,66-67,71H,6-7,9,11-13,15,17-19,21,23,26,29,32,35,38,41,44,47,49,51-65H2,1-5H3,(H-,69,72,73,74)/p+1/b10-8-,16-14-,22-20-,25-24-,28-27-,31-30-,34-33-,37-36-,40-39-,43-42-,46-45-,50-48-. The van der Waals surface area contributed by atoms with E-state index < -0.39 is 20.0 Å². The smallest absolute Gasteiger partial charge is 0.391 e. The number of carbonyl (C=O) groups is 1. The molecule has 0 saturated heterocycles. The summed E-state index contributed by atoms with van der Waals surface area (Å²) in [6.45, 7) is 4.74. The Labute approximate surface area is 474 Å². The molecule has 1 amide bonds. The molecule has 0 aromatic rings. The Morgan fingerprint density at radius 2 is 0.779 bits per heavy atom. The monoisotopic (exact) mass is 1090 g/mol. The number of nitrogens with zero attached hydrogens (tertiary/aromatic N) is 1. The second-order valence-corrected chi connectivity index (χ2v) is 22.8. The van der Waals surface area contributed by atoms with E-state index in [0.717, 1.165) is 128 Å². The third-order valence-electron chi connectivity index (χ3n) is 12.9. The van der Waals surface area contributed by atoms with Crippen LogP contribution in [-0.4, -0.2) is 73.4 Å². The average molecular weight is 1090 g/mol. The summed E-state index contributed by atoms with van der Waals surface area (Å²) < 4.78 is 23.7. The highest BCUT2D eigenvalue weighted by atomic mass is 31.2. The quantitative estimate of drug-likeness (QED) is 0.0243. The molecule has 3 N–H and O–H groups in total. The second kappa shape index (κ2) is 57.1. The van der Waals surface area contributed by atoms with Crippen molar-refractivity contribution in [2.75, 3.05) is 40.9 Å². The summed E-state index contributed by atoms with van der Waals surface area (Å²) in [6.07, 6.45) is 87.7. The Morgan fingerprint density at radius 1 is 0.455 bits per heavy atom. The summed E-state index contributed by atoms with van der Waals surface area (Å²) in [5.74, 6) is -0.175. The Hall–Kier alpha value is -3.62. The minimum atomic E-state index is -4.34. The van der Waals surface area contributed by atoms with Gasteiger partial charge in [-0.15, -0.1) is 0 Å². The summed E-state index contributed by atoms with van der Waals surface area (Å²) >= 11 is 0. The summed E-state index contributed by atoms with van der Waals surface area (Å²) in [5, 5.41) is 14.0. The van der Waals surface area contributed by atoms with Crippen LogP contribution in [-0.2, 0) is 18.4 Å². The largest absolute Gasteiger partial charge is 0.472 e. The first-order valence-electron chi connectivity index (χ1n) is 30.7. The lowest BCUT2D eigenvalue weighted by atomic mass is 10.0. The molecule has 0 aliphatic rings. The van der Waals surface area contributed by atoms with Gasteiger partial charge in [0.25, 0.3) is 0 Å². The topological polar surface area (TPSA) is 105 Å². The molecule has 0 saturated carbocycles. The van der Waals surface area contributed by atoms with E-state index in [0.29, 0.717) is 23.9 Å². The fraction of sp³-hybridized carbons (Fsp3) is 0.632. The maximum Gasteiger partial charge on any atom is 0.472 e. The molecular weight excluding hydrogens is 972 g/mol. The normalized spacial score (nSPS) is 14.8. The summed E-state index contributed by atoms with van der Waals surface area (Å²) in [4.78, 5) is 23.3. The molecule has 9 heteroatoms. The van der Waals surface area contributed by atoms with Gasteiger partial charge in [-0.3, -0.25) is 13.8 Å². The SMILES string of the molecule is CC/C=C\C/C=C\C/C=C\C/C=C\C/C=C\C/C=C\C/C=C\C/C=C\C/C=C\C/C=C\C/C=C\C/C=C\CCCCCCC(=O)NC(COP(=O)(O)OCC[N+](C)(C)C)C(O)CCCCCCCCCCCCCCCC. The number of carbonyl (C=O) groups excluding carboxylic acids is 1. The maximum absolute atomic E-state index is 13.0. The fourth-order valence-electron chi connectivity index (χ4n) is 8.09. The number of aliphatic hydroxyl groups is 1. The Kier molecular flexibility index (Phi) is 54.4. The van der Waals surface area contributed by atoms with Crippen molar-refractivity contribution in [3.8, 4) is 0 Å². The highest BCUT2D eigenvalue weighted by Crippen LogP contribution is 2.43. The molecule has 0 aromatic heterocycles. The molecule has 0 fully saturated rings. The first-order valence-corrected chi connectivity index (χ1v) is 32.2. The zero-order valence-corrected chi connectivity index (χ0v) is 50.8. The van der Waals surface area contributed by atoms with Crippen molar-refractivity contribution < 1.29 is 32.9 Å². The van der Waals surface area contributed by atoms with Gasteiger partial charge in [0.15, 0.2) is 0 Å². The molecular formula is C68H116N2O6P+. The third kappa shape index (κ3) is 59.9. The van der Waals surface area contributed by atoms with E-state index in [2.05, 4.69) is 165 Å². The predicted octanol–water partition coefficient (Wildman–Crippen LogP) is 19.3. The molecule has 0 radical (unpaired) electrons. The number of hydrogen-bond acceptors (Lipinski definition) is 5. The van der Waals surface area contributed by atoms with Gasteiger partial charge in [0.1, 0.15) is 13.2 Å².